The van der Waals surface area contributed by atoms with Crippen LogP contribution in [0.1, 0.15) is 22.3 Å². The molecule has 0 atom stereocenters. The van der Waals surface area contributed by atoms with Crippen molar-refractivity contribution < 1.29 is 9.59 Å². The monoisotopic (exact) mass is 428 g/mol. The van der Waals surface area contributed by atoms with Crippen molar-refractivity contribution in [3.8, 4) is 0 Å². The van der Waals surface area contributed by atoms with Crippen LogP contribution in [0.3, 0.4) is 0 Å². The van der Waals surface area contributed by atoms with Crippen LogP contribution < -0.4 is 9.80 Å². The summed E-state index contributed by atoms with van der Waals surface area (Å²) in [6.07, 6.45) is 0.832. The lowest BCUT2D eigenvalue weighted by atomic mass is 10.0. The Morgan fingerprint density at radius 3 is 2.35 bits per heavy atom. The van der Waals surface area contributed by atoms with Crippen molar-refractivity contribution in [2.24, 2.45) is 0 Å². The quantitative estimate of drug-likeness (QED) is 0.531. The maximum absolute atomic E-state index is 13.7. The standard InChI is InChI=1S/C26H21ClN2O2/c1-16-7-10-19(11-8-16)23-24(28-14-13-18-5-3-4-6-22(18)28)26(31)29(25(23)30)20-12-9-17(2)21(27)15-20/h3-12,15H,13-14H2,1-2H3. The number of rotatable bonds is 3. The van der Waals surface area contributed by atoms with Crippen LogP contribution in [0, 0.1) is 13.8 Å². The number of benzene rings is 3. The summed E-state index contributed by atoms with van der Waals surface area (Å²) < 4.78 is 0. The highest BCUT2D eigenvalue weighted by molar-refractivity contribution is 6.46. The highest BCUT2D eigenvalue weighted by Crippen LogP contribution is 2.40. The zero-order valence-corrected chi connectivity index (χ0v) is 18.1. The second-order valence-corrected chi connectivity index (χ2v) is 8.41. The largest absolute Gasteiger partial charge is 0.336 e. The molecule has 0 bridgehead atoms. The van der Waals surface area contributed by atoms with E-state index < -0.39 is 0 Å². The van der Waals surface area contributed by atoms with Gasteiger partial charge in [0.1, 0.15) is 5.70 Å². The zero-order chi connectivity index (χ0) is 21.7. The van der Waals surface area contributed by atoms with Gasteiger partial charge in [-0.1, -0.05) is 65.7 Å². The molecule has 0 aromatic heterocycles. The van der Waals surface area contributed by atoms with Gasteiger partial charge in [0, 0.05) is 17.3 Å². The van der Waals surface area contributed by atoms with Gasteiger partial charge in [0.2, 0.25) is 0 Å². The van der Waals surface area contributed by atoms with Crippen molar-refractivity contribution in [2.75, 3.05) is 16.3 Å². The Bertz CT molecular complexity index is 1260. The number of hydrogen-bond donors (Lipinski definition) is 0. The van der Waals surface area contributed by atoms with Crippen molar-refractivity contribution in [1.82, 2.24) is 0 Å². The molecule has 0 saturated heterocycles. The van der Waals surface area contributed by atoms with Gasteiger partial charge in [-0.3, -0.25) is 9.59 Å². The maximum atomic E-state index is 13.7. The summed E-state index contributed by atoms with van der Waals surface area (Å²) in [6.45, 7) is 4.55. The predicted octanol–water partition coefficient (Wildman–Crippen LogP) is 5.30. The fraction of sp³-hybridized carbons (Fsp3) is 0.154. The molecule has 5 heteroatoms. The molecule has 0 unspecified atom stereocenters. The van der Waals surface area contributed by atoms with E-state index in [9.17, 15) is 9.59 Å². The third-order valence-electron chi connectivity index (χ3n) is 5.97. The topological polar surface area (TPSA) is 40.6 Å². The minimum absolute atomic E-state index is 0.322. The number of carbonyl (C=O) groups excluding carboxylic acids is 2. The molecular weight excluding hydrogens is 408 g/mol. The summed E-state index contributed by atoms with van der Waals surface area (Å²) in [7, 11) is 0. The molecule has 0 saturated carbocycles. The number of carbonyl (C=O) groups is 2. The summed E-state index contributed by atoms with van der Waals surface area (Å²) in [5.41, 5.74) is 6.22. The average molecular weight is 429 g/mol. The third kappa shape index (κ3) is 3.15. The van der Waals surface area contributed by atoms with Crippen LogP contribution in [0.15, 0.2) is 72.4 Å². The van der Waals surface area contributed by atoms with Crippen LogP contribution in [-0.4, -0.2) is 18.4 Å². The maximum Gasteiger partial charge on any atom is 0.282 e. The van der Waals surface area contributed by atoms with E-state index in [1.165, 1.54) is 10.5 Å². The van der Waals surface area contributed by atoms with Crippen LogP contribution >= 0.6 is 11.6 Å². The molecule has 2 heterocycles. The Kier molecular flexibility index (Phi) is 4.67. The molecule has 2 aliphatic rings. The van der Waals surface area contributed by atoms with E-state index in [1.54, 1.807) is 12.1 Å². The minimum Gasteiger partial charge on any atom is -0.336 e. The van der Waals surface area contributed by atoms with E-state index in [0.29, 0.717) is 28.5 Å². The lowest BCUT2D eigenvalue weighted by molar-refractivity contribution is -0.120. The van der Waals surface area contributed by atoms with E-state index in [4.69, 9.17) is 11.6 Å². The molecule has 0 spiro atoms. The first-order chi connectivity index (χ1) is 15.0. The van der Waals surface area contributed by atoms with Gasteiger partial charge in [-0.05, 0) is 55.2 Å². The number of fused-ring (bicyclic) bond motifs is 1. The molecule has 31 heavy (non-hydrogen) atoms. The number of nitrogens with zero attached hydrogens (tertiary/aromatic N) is 2. The Balaban J connectivity index is 1.68. The molecular formula is C26H21ClN2O2. The van der Waals surface area contributed by atoms with Crippen LogP contribution in [0.25, 0.3) is 5.57 Å². The molecule has 0 fully saturated rings. The Labute approximate surface area is 186 Å². The van der Waals surface area contributed by atoms with Crippen molar-refractivity contribution >= 4 is 40.4 Å². The molecule has 0 aliphatic carbocycles. The fourth-order valence-electron chi connectivity index (χ4n) is 4.27. The number of para-hydroxylation sites is 1. The molecule has 0 radical (unpaired) electrons. The first kappa shape index (κ1) is 19.6. The number of amides is 2. The number of anilines is 2. The van der Waals surface area contributed by atoms with E-state index in [1.807, 2.05) is 67.3 Å². The van der Waals surface area contributed by atoms with Crippen LogP contribution in [0.2, 0.25) is 5.02 Å². The fourth-order valence-corrected chi connectivity index (χ4v) is 4.45. The average Bonchev–Trinajstić information content (AvgIpc) is 3.29. The van der Waals surface area contributed by atoms with E-state index in [0.717, 1.165) is 28.8 Å². The normalized spacial score (nSPS) is 15.8. The second kappa shape index (κ2) is 7.40. The highest BCUT2D eigenvalue weighted by Gasteiger charge is 2.44. The molecule has 2 aliphatic heterocycles. The molecule has 0 N–H and O–H groups in total. The molecule has 4 nitrogen and oxygen atoms in total. The zero-order valence-electron chi connectivity index (χ0n) is 17.4. The van der Waals surface area contributed by atoms with Gasteiger partial charge in [-0.25, -0.2) is 4.90 Å². The highest BCUT2D eigenvalue weighted by atomic mass is 35.5. The lowest BCUT2D eigenvalue weighted by Crippen LogP contribution is -2.34. The Morgan fingerprint density at radius 2 is 1.61 bits per heavy atom. The summed E-state index contributed by atoms with van der Waals surface area (Å²) in [5, 5.41) is 0.523. The van der Waals surface area contributed by atoms with E-state index >= 15 is 0 Å². The summed E-state index contributed by atoms with van der Waals surface area (Å²) in [4.78, 5) is 30.6. The SMILES string of the molecule is Cc1ccc(C2=C(N3CCc4ccccc43)C(=O)N(c3ccc(C)c(Cl)c3)C2=O)cc1. The van der Waals surface area contributed by atoms with Crippen molar-refractivity contribution in [1.29, 1.82) is 0 Å². The predicted molar refractivity (Wildman–Crippen MR) is 124 cm³/mol. The first-order valence-electron chi connectivity index (χ1n) is 10.3. The van der Waals surface area contributed by atoms with Crippen molar-refractivity contribution in [2.45, 2.75) is 20.3 Å². The molecule has 154 valence electrons. The smallest absolute Gasteiger partial charge is 0.282 e. The van der Waals surface area contributed by atoms with Gasteiger partial charge in [0.25, 0.3) is 11.8 Å². The van der Waals surface area contributed by atoms with E-state index in [2.05, 4.69) is 6.07 Å². The first-order valence-corrected chi connectivity index (χ1v) is 10.6. The lowest BCUT2D eigenvalue weighted by Gasteiger charge is -2.22. The summed E-state index contributed by atoms with van der Waals surface area (Å²) in [6, 6.07) is 21.0. The van der Waals surface area contributed by atoms with Gasteiger partial charge < -0.3 is 4.90 Å². The minimum atomic E-state index is -0.326. The molecule has 5 rings (SSSR count). The second-order valence-electron chi connectivity index (χ2n) is 8.00. The summed E-state index contributed by atoms with van der Waals surface area (Å²) in [5.74, 6) is -0.648. The molecule has 2 amide bonds. The number of imide groups is 1. The van der Waals surface area contributed by atoms with E-state index in [-0.39, 0.29) is 11.8 Å². The Hall–Kier alpha value is -3.37. The van der Waals surface area contributed by atoms with Gasteiger partial charge in [-0.2, -0.15) is 0 Å². The Morgan fingerprint density at radius 1 is 0.871 bits per heavy atom. The van der Waals surface area contributed by atoms with Crippen LogP contribution in [0.5, 0.6) is 0 Å². The molecule has 3 aromatic carbocycles. The number of hydrogen-bond acceptors (Lipinski definition) is 3. The molecule has 3 aromatic rings. The summed E-state index contributed by atoms with van der Waals surface area (Å²) >= 11 is 6.32. The van der Waals surface area contributed by atoms with Gasteiger partial charge in [0.05, 0.1) is 11.3 Å². The van der Waals surface area contributed by atoms with Crippen LogP contribution in [-0.2, 0) is 16.0 Å². The van der Waals surface area contributed by atoms with Gasteiger partial charge in [-0.15, -0.1) is 0 Å². The third-order valence-corrected chi connectivity index (χ3v) is 6.38. The van der Waals surface area contributed by atoms with Crippen LogP contribution in [0.4, 0.5) is 11.4 Å². The van der Waals surface area contributed by atoms with Gasteiger partial charge >= 0.3 is 0 Å². The van der Waals surface area contributed by atoms with Crippen molar-refractivity contribution in [3.63, 3.8) is 0 Å². The van der Waals surface area contributed by atoms with Crippen molar-refractivity contribution in [3.05, 3.63) is 99.7 Å². The number of halogens is 1. The number of aryl methyl sites for hydroxylation is 2. The van der Waals surface area contributed by atoms with Gasteiger partial charge in [0.15, 0.2) is 0 Å².